The molecule has 2 aliphatic heterocycles. The summed E-state index contributed by atoms with van der Waals surface area (Å²) in [5.41, 5.74) is 1.65. The van der Waals surface area contributed by atoms with Crippen LogP contribution in [0.3, 0.4) is 0 Å². The molecule has 0 spiro atoms. The van der Waals surface area contributed by atoms with Crippen LogP contribution in [0.1, 0.15) is 39.6 Å². The largest absolute Gasteiger partial charge is 0.498 e. The summed E-state index contributed by atoms with van der Waals surface area (Å²) in [6.45, 7) is 0.309. The van der Waals surface area contributed by atoms with Gasteiger partial charge in [-0.25, -0.2) is 9.48 Å². The average Bonchev–Trinajstić information content (AvgIpc) is 3.56. The van der Waals surface area contributed by atoms with Crippen LogP contribution in [0, 0.1) is 11.3 Å². The molecule has 0 aliphatic carbocycles. The van der Waals surface area contributed by atoms with Gasteiger partial charge in [0.15, 0.2) is 5.69 Å². The number of benzene rings is 2. The Morgan fingerprint density at radius 1 is 1.19 bits per heavy atom. The normalized spacial score (nSPS) is 20.7. The first kappa shape index (κ1) is 24.8. The van der Waals surface area contributed by atoms with Crippen LogP contribution in [0.2, 0.25) is 10.0 Å². The van der Waals surface area contributed by atoms with Gasteiger partial charge in [0.1, 0.15) is 11.3 Å². The Morgan fingerprint density at radius 2 is 1.89 bits per heavy atom. The minimum absolute atomic E-state index is 0.0822. The van der Waals surface area contributed by atoms with Crippen molar-refractivity contribution in [2.45, 2.75) is 24.4 Å². The number of nitrogens with zero attached hydrogens (tertiary/aromatic N) is 5. The molecule has 3 heterocycles. The highest BCUT2D eigenvalue weighted by Crippen LogP contribution is 2.51. The Balaban J connectivity index is 1.62. The maximum Gasteiger partial charge on any atom is 0.360 e. The summed E-state index contributed by atoms with van der Waals surface area (Å²) in [7, 11) is 2.81. The fourth-order valence-corrected chi connectivity index (χ4v) is 5.79. The fraction of sp³-hybridized carbons (Fsp3) is 0.269. The van der Waals surface area contributed by atoms with Crippen molar-refractivity contribution in [3.05, 3.63) is 86.9 Å². The quantitative estimate of drug-likeness (QED) is 0.435. The minimum Gasteiger partial charge on any atom is -0.498 e. The molecule has 188 valence electrons. The summed E-state index contributed by atoms with van der Waals surface area (Å²) in [6.07, 6.45) is 2.40. The molecule has 1 fully saturated rings. The number of amides is 1. The van der Waals surface area contributed by atoms with E-state index >= 15 is 0 Å². The van der Waals surface area contributed by atoms with E-state index in [1.807, 2.05) is 12.1 Å². The van der Waals surface area contributed by atoms with Gasteiger partial charge in [-0.05, 0) is 41.5 Å². The van der Waals surface area contributed by atoms with Crippen LogP contribution in [0.25, 0.3) is 5.57 Å². The smallest absolute Gasteiger partial charge is 0.360 e. The first-order chi connectivity index (χ1) is 17.8. The number of carbonyl (C=O) groups is 2. The molecule has 2 aliphatic rings. The lowest BCUT2D eigenvalue weighted by Gasteiger charge is -2.34. The number of esters is 1. The number of ether oxygens (including phenoxy) is 2. The van der Waals surface area contributed by atoms with Gasteiger partial charge in [-0.3, -0.25) is 4.79 Å². The lowest BCUT2D eigenvalue weighted by Crippen LogP contribution is -2.45. The molecule has 5 rings (SSSR count). The molecule has 2 aromatic carbocycles. The molecule has 1 saturated heterocycles. The molecule has 1 amide bonds. The van der Waals surface area contributed by atoms with Gasteiger partial charge in [-0.2, -0.15) is 5.26 Å². The maximum absolute atomic E-state index is 14.0. The van der Waals surface area contributed by atoms with Gasteiger partial charge >= 0.3 is 5.97 Å². The highest BCUT2D eigenvalue weighted by Gasteiger charge is 2.59. The van der Waals surface area contributed by atoms with E-state index in [1.54, 1.807) is 39.9 Å². The zero-order chi connectivity index (χ0) is 26.3. The van der Waals surface area contributed by atoms with E-state index in [0.29, 0.717) is 51.9 Å². The number of aromatic nitrogens is 3. The number of methoxy groups -OCH3 is 2. The molecule has 0 unspecified atom stereocenters. The van der Waals surface area contributed by atoms with E-state index in [-0.39, 0.29) is 17.6 Å². The van der Waals surface area contributed by atoms with Crippen LogP contribution in [0.15, 0.2) is 54.4 Å². The Kier molecular flexibility index (Phi) is 6.40. The average molecular weight is 538 g/mol. The molecule has 3 aromatic rings. The fourth-order valence-electron chi connectivity index (χ4n) is 5.27. The number of rotatable bonds is 6. The Morgan fingerprint density at radius 3 is 2.51 bits per heavy atom. The summed E-state index contributed by atoms with van der Waals surface area (Å²) in [4.78, 5) is 27.7. The van der Waals surface area contributed by atoms with Gasteiger partial charge < -0.3 is 14.4 Å². The molecule has 11 heteroatoms. The predicted molar refractivity (Wildman–Crippen MR) is 135 cm³/mol. The van der Waals surface area contributed by atoms with Crippen molar-refractivity contribution in [3.8, 4) is 6.07 Å². The molecule has 0 radical (unpaired) electrons. The Bertz CT molecular complexity index is 1460. The van der Waals surface area contributed by atoms with Crippen LogP contribution in [0.4, 0.5) is 0 Å². The van der Waals surface area contributed by atoms with E-state index in [9.17, 15) is 14.9 Å². The number of fused-ring (bicyclic) bond motifs is 1. The summed E-state index contributed by atoms with van der Waals surface area (Å²) < 4.78 is 12.3. The van der Waals surface area contributed by atoms with E-state index in [0.717, 1.165) is 5.56 Å². The van der Waals surface area contributed by atoms with Gasteiger partial charge in [0, 0.05) is 29.4 Å². The highest BCUT2D eigenvalue weighted by molar-refractivity contribution is 6.35. The SMILES string of the molecule is COC(=O)c1cn([C@@H]2CN3C(=O)C(c4cc(Cl)cc(Cl)c4)=C(OC)[C@@]3(Cc3ccc(C#N)cc3)C2)nn1. The third-order valence-electron chi connectivity index (χ3n) is 6.81. The molecule has 9 nitrogen and oxygen atoms in total. The van der Waals surface area contributed by atoms with Crippen LogP contribution in [-0.4, -0.2) is 58.1 Å². The van der Waals surface area contributed by atoms with Gasteiger partial charge in [0.05, 0.1) is 43.7 Å². The maximum atomic E-state index is 14.0. The number of carbonyl (C=O) groups excluding carboxylic acids is 2. The molecule has 0 saturated carbocycles. The third-order valence-corrected chi connectivity index (χ3v) is 7.24. The molecule has 2 atom stereocenters. The number of nitriles is 1. The van der Waals surface area contributed by atoms with Crippen molar-refractivity contribution in [2.24, 2.45) is 0 Å². The van der Waals surface area contributed by atoms with Crippen LogP contribution < -0.4 is 0 Å². The summed E-state index contributed by atoms with van der Waals surface area (Å²) >= 11 is 12.5. The van der Waals surface area contributed by atoms with Crippen molar-refractivity contribution in [3.63, 3.8) is 0 Å². The first-order valence-electron chi connectivity index (χ1n) is 11.4. The Labute approximate surface area is 222 Å². The third kappa shape index (κ3) is 4.22. The standard InChI is InChI=1S/C26H21Cl2N5O4/c1-36-23-22(17-7-18(27)9-19(28)8-17)24(34)32-13-20(33-14-21(30-31-33)25(35)37-2)11-26(23,32)10-15-3-5-16(12-29)6-4-15/h3-9,14,20H,10-11,13H2,1-2H3/t20-,26+/m0/s1. The predicted octanol–water partition coefficient (Wildman–Crippen LogP) is 4.07. The monoisotopic (exact) mass is 537 g/mol. The topological polar surface area (TPSA) is 110 Å². The minimum atomic E-state index is -0.855. The van der Waals surface area contributed by atoms with Gasteiger partial charge in [0.25, 0.3) is 5.91 Å². The second kappa shape index (κ2) is 9.54. The van der Waals surface area contributed by atoms with Gasteiger partial charge in [-0.15, -0.1) is 5.10 Å². The molecular weight excluding hydrogens is 517 g/mol. The van der Waals surface area contributed by atoms with Crippen molar-refractivity contribution in [1.29, 1.82) is 5.26 Å². The van der Waals surface area contributed by atoms with E-state index in [1.165, 1.54) is 20.4 Å². The number of hydrogen-bond donors (Lipinski definition) is 0. The van der Waals surface area contributed by atoms with Crippen molar-refractivity contribution >= 4 is 40.7 Å². The second-order valence-corrected chi connectivity index (χ2v) is 9.81. The molecule has 1 aromatic heterocycles. The summed E-state index contributed by atoms with van der Waals surface area (Å²) in [5, 5.41) is 18.1. The lowest BCUT2D eigenvalue weighted by atomic mass is 9.85. The molecule has 37 heavy (non-hydrogen) atoms. The van der Waals surface area contributed by atoms with Crippen molar-refractivity contribution < 1.29 is 19.1 Å². The number of halogens is 2. The van der Waals surface area contributed by atoms with E-state index in [2.05, 4.69) is 16.4 Å². The Hall–Kier alpha value is -3.87. The van der Waals surface area contributed by atoms with Crippen molar-refractivity contribution in [1.82, 2.24) is 19.9 Å². The second-order valence-electron chi connectivity index (χ2n) is 8.93. The van der Waals surface area contributed by atoms with Crippen LogP contribution in [0.5, 0.6) is 0 Å². The summed E-state index contributed by atoms with van der Waals surface area (Å²) in [6, 6.07) is 14.1. The summed E-state index contributed by atoms with van der Waals surface area (Å²) in [5.74, 6) is -0.318. The lowest BCUT2D eigenvalue weighted by molar-refractivity contribution is -0.126. The molecule has 0 N–H and O–H groups in total. The van der Waals surface area contributed by atoms with Gasteiger partial charge in [0.2, 0.25) is 0 Å². The molecule has 0 bridgehead atoms. The highest BCUT2D eigenvalue weighted by atomic mass is 35.5. The van der Waals surface area contributed by atoms with E-state index in [4.69, 9.17) is 32.7 Å². The first-order valence-corrected chi connectivity index (χ1v) is 12.1. The zero-order valence-corrected chi connectivity index (χ0v) is 21.5. The van der Waals surface area contributed by atoms with Crippen LogP contribution >= 0.6 is 23.2 Å². The van der Waals surface area contributed by atoms with Crippen molar-refractivity contribution in [2.75, 3.05) is 20.8 Å². The molecular formula is C26H21Cl2N5O4. The van der Waals surface area contributed by atoms with E-state index < -0.39 is 11.5 Å². The zero-order valence-electron chi connectivity index (χ0n) is 19.9. The van der Waals surface area contributed by atoms with Gasteiger partial charge in [-0.1, -0.05) is 40.5 Å². The number of hydrogen-bond acceptors (Lipinski definition) is 7. The van der Waals surface area contributed by atoms with Crippen LogP contribution in [-0.2, 0) is 20.7 Å².